The van der Waals surface area contributed by atoms with Crippen molar-refractivity contribution in [1.29, 1.82) is 0 Å². The highest BCUT2D eigenvalue weighted by molar-refractivity contribution is 5.70. The molecule has 0 aromatic carbocycles. The molecule has 2 rings (SSSR count). The summed E-state index contributed by atoms with van der Waals surface area (Å²) in [4.78, 5) is 11.0. The highest BCUT2D eigenvalue weighted by atomic mass is 16.4. The van der Waals surface area contributed by atoms with Crippen LogP contribution in [-0.4, -0.2) is 24.2 Å². The number of carboxylic acids is 1. The normalized spacial score (nSPS) is 39.5. The molecule has 0 aromatic rings. The average molecular weight is 183 g/mol. The molecule has 3 heteroatoms. The first-order valence-corrected chi connectivity index (χ1v) is 5.22. The average Bonchev–Trinajstić information content (AvgIpc) is 2.17. The van der Waals surface area contributed by atoms with Crippen molar-refractivity contribution < 1.29 is 9.90 Å². The molecule has 1 saturated heterocycles. The number of carbonyl (C=O) groups is 1. The van der Waals surface area contributed by atoms with Gasteiger partial charge in [-0.2, -0.15) is 0 Å². The molecule has 3 atom stereocenters. The first-order valence-electron chi connectivity index (χ1n) is 5.22. The Morgan fingerprint density at radius 3 is 2.77 bits per heavy atom. The molecule has 1 heterocycles. The molecule has 13 heavy (non-hydrogen) atoms. The molecule has 1 saturated carbocycles. The van der Waals surface area contributed by atoms with Crippen molar-refractivity contribution >= 4 is 5.97 Å². The molecule has 3 unspecified atom stereocenters. The van der Waals surface area contributed by atoms with Crippen LogP contribution in [0.2, 0.25) is 0 Å². The second kappa shape index (κ2) is 3.66. The number of hydrogen-bond acceptors (Lipinski definition) is 2. The Morgan fingerprint density at radius 1 is 1.23 bits per heavy atom. The van der Waals surface area contributed by atoms with Crippen LogP contribution in [0.15, 0.2) is 0 Å². The predicted octanol–water partition coefficient (Wildman–Crippen LogP) is 1.10. The second-order valence-electron chi connectivity index (χ2n) is 4.31. The van der Waals surface area contributed by atoms with Crippen LogP contribution >= 0.6 is 0 Å². The first kappa shape index (κ1) is 9.00. The Bertz CT molecular complexity index is 203. The monoisotopic (exact) mass is 183 g/mol. The fraction of sp³-hybridized carbons (Fsp3) is 0.900. The lowest BCUT2D eigenvalue weighted by atomic mass is 9.70. The van der Waals surface area contributed by atoms with E-state index in [1.807, 2.05) is 0 Å². The zero-order chi connectivity index (χ0) is 9.26. The molecule has 0 amide bonds. The number of carboxylic acid groups (broad SMARTS) is 1. The molecule has 1 aliphatic carbocycles. The number of rotatable bonds is 1. The van der Waals surface area contributed by atoms with Gasteiger partial charge in [0.25, 0.3) is 0 Å². The van der Waals surface area contributed by atoms with Gasteiger partial charge in [0.05, 0.1) is 5.92 Å². The van der Waals surface area contributed by atoms with Gasteiger partial charge in [-0.3, -0.25) is 4.79 Å². The Balaban J connectivity index is 2.06. The summed E-state index contributed by atoms with van der Waals surface area (Å²) in [5.74, 6) is 0.347. The molecule has 2 aliphatic rings. The van der Waals surface area contributed by atoms with E-state index in [2.05, 4.69) is 5.32 Å². The van der Waals surface area contributed by atoms with E-state index in [-0.39, 0.29) is 5.92 Å². The van der Waals surface area contributed by atoms with Crippen LogP contribution in [-0.2, 0) is 4.79 Å². The van der Waals surface area contributed by atoms with E-state index in [9.17, 15) is 4.79 Å². The van der Waals surface area contributed by atoms with Crippen LogP contribution in [0.5, 0.6) is 0 Å². The number of hydrogen-bond donors (Lipinski definition) is 2. The molecule has 0 radical (unpaired) electrons. The number of fused-ring (bicyclic) bond motifs is 1. The number of aliphatic carboxylic acids is 1. The van der Waals surface area contributed by atoms with Crippen LogP contribution in [0.25, 0.3) is 0 Å². The Hall–Kier alpha value is -0.570. The first-order chi connectivity index (χ1) is 6.29. The van der Waals surface area contributed by atoms with E-state index in [0.29, 0.717) is 18.4 Å². The van der Waals surface area contributed by atoms with Gasteiger partial charge in [-0.05, 0) is 31.2 Å². The standard InChI is InChI=1S/C10H17NO2/c12-10(13)9-6-11-5-7-3-1-2-4-8(7)9/h7-9,11H,1-6H2,(H,12,13). The van der Waals surface area contributed by atoms with Gasteiger partial charge in [0, 0.05) is 6.54 Å². The van der Waals surface area contributed by atoms with Gasteiger partial charge in [0.1, 0.15) is 0 Å². The van der Waals surface area contributed by atoms with Gasteiger partial charge >= 0.3 is 5.97 Å². The topological polar surface area (TPSA) is 49.3 Å². The maximum atomic E-state index is 11.0. The molecular weight excluding hydrogens is 166 g/mol. The summed E-state index contributed by atoms with van der Waals surface area (Å²) < 4.78 is 0. The molecule has 0 spiro atoms. The minimum atomic E-state index is -0.607. The maximum Gasteiger partial charge on any atom is 0.308 e. The van der Waals surface area contributed by atoms with Crippen molar-refractivity contribution in [1.82, 2.24) is 5.32 Å². The summed E-state index contributed by atoms with van der Waals surface area (Å²) in [6, 6.07) is 0. The summed E-state index contributed by atoms with van der Waals surface area (Å²) in [6.07, 6.45) is 4.87. The third-order valence-corrected chi connectivity index (χ3v) is 3.57. The lowest BCUT2D eigenvalue weighted by Gasteiger charge is -2.39. The van der Waals surface area contributed by atoms with Crippen molar-refractivity contribution in [3.05, 3.63) is 0 Å². The van der Waals surface area contributed by atoms with Gasteiger partial charge in [-0.1, -0.05) is 12.8 Å². The molecule has 0 aromatic heterocycles. The lowest BCUT2D eigenvalue weighted by molar-refractivity contribution is -0.146. The van der Waals surface area contributed by atoms with E-state index in [4.69, 9.17) is 5.11 Å². The van der Waals surface area contributed by atoms with Crippen molar-refractivity contribution in [3.63, 3.8) is 0 Å². The quantitative estimate of drug-likeness (QED) is 0.640. The molecular formula is C10H17NO2. The van der Waals surface area contributed by atoms with Gasteiger partial charge < -0.3 is 10.4 Å². The van der Waals surface area contributed by atoms with Crippen molar-refractivity contribution in [2.24, 2.45) is 17.8 Å². The zero-order valence-corrected chi connectivity index (χ0v) is 7.83. The minimum absolute atomic E-state index is 0.126. The molecule has 2 N–H and O–H groups in total. The van der Waals surface area contributed by atoms with Crippen LogP contribution in [0.3, 0.4) is 0 Å². The van der Waals surface area contributed by atoms with Crippen molar-refractivity contribution in [3.8, 4) is 0 Å². The van der Waals surface area contributed by atoms with Crippen molar-refractivity contribution in [2.75, 3.05) is 13.1 Å². The summed E-state index contributed by atoms with van der Waals surface area (Å²) in [5.41, 5.74) is 0. The Labute approximate surface area is 78.5 Å². The van der Waals surface area contributed by atoms with Gasteiger partial charge in [0.15, 0.2) is 0 Å². The Kier molecular flexibility index (Phi) is 2.54. The van der Waals surface area contributed by atoms with E-state index in [1.54, 1.807) is 0 Å². The fourth-order valence-electron chi connectivity index (χ4n) is 2.87. The van der Waals surface area contributed by atoms with Crippen molar-refractivity contribution in [2.45, 2.75) is 25.7 Å². The van der Waals surface area contributed by atoms with Crippen LogP contribution in [0, 0.1) is 17.8 Å². The third kappa shape index (κ3) is 1.70. The summed E-state index contributed by atoms with van der Waals surface area (Å²) >= 11 is 0. The van der Waals surface area contributed by atoms with Crippen LogP contribution < -0.4 is 5.32 Å². The van der Waals surface area contributed by atoms with E-state index >= 15 is 0 Å². The summed E-state index contributed by atoms with van der Waals surface area (Å²) in [6.45, 7) is 1.71. The van der Waals surface area contributed by atoms with Gasteiger partial charge in [0.2, 0.25) is 0 Å². The largest absolute Gasteiger partial charge is 0.481 e. The zero-order valence-electron chi connectivity index (χ0n) is 7.83. The highest BCUT2D eigenvalue weighted by Crippen LogP contribution is 2.36. The lowest BCUT2D eigenvalue weighted by Crippen LogP contribution is -2.47. The fourth-order valence-corrected chi connectivity index (χ4v) is 2.87. The summed E-state index contributed by atoms with van der Waals surface area (Å²) in [5, 5.41) is 12.3. The molecule has 2 fully saturated rings. The van der Waals surface area contributed by atoms with Crippen LogP contribution in [0.4, 0.5) is 0 Å². The number of piperidine rings is 1. The van der Waals surface area contributed by atoms with E-state index in [1.165, 1.54) is 19.3 Å². The second-order valence-corrected chi connectivity index (χ2v) is 4.31. The molecule has 0 bridgehead atoms. The maximum absolute atomic E-state index is 11.0. The van der Waals surface area contributed by atoms with E-state index in [0.717, 1.165) is 13.0 Å². The van der Waals surface area contributed by atoms with Gasteiger partial charge in [-0.25, -0.2) is 0 Å². The SMILES string of the molecule is O=C(O)C1CNCC2CCCCC21. The van der Waals surface area contributed by atoms with Crippen LogP contribution in [0.1, 0.15) is 25.7 Å². The van der Waals surface area contributed by atoms with Gasteiger partial charge in [-0.15, -0.1) is 0 Å². The third-order valence-electron chi connectivity index (χ3n) is 3.57. The summed E-state index contributed by atoms with van der Waals surface area (Å²) in [7, 11) is 0. The number of nitrogens with one attached hydrogen (secondary N) is 1. The van der Waals surface area contributed by atoms with E-state index < -0.39 is 5.97 Å². The highest BCUT2D eigenvalue weighted by Gasteiger charge is 2.38. The Morgan fingerprint density at radius 2 is 2.00 bits per heavy atom. The molecule has 3 nitrogen and oxygen atoms in total. The molecule has 74 valence electrons. The molecule has 1 aliphatic heterocycles. The minimum Gasteiger partial charge on any atom is -0.481 e. The smallest absolute Gasteiger partial charge is 0.308 e. The predicted molar refractivity (Wildman–Crippen MR) is 49.4 cm³/mol.